The molecule has 2 N–H and O–H groups in total. The summed E-state index contributed by atoms with van der Waals surface area (Å²) >= 11 is 0. The number of likely N-dealkylation sites (N-methyl/N-ethyl adjacent to an activating group) is 1. The van der Waals surface area contributed by atoms with Gasteiger partial charge in [0.2, 0.25) is 0 Å². The van der Waals surface area contributed by atoms with Gasteiger partial charge in [-0.15, -0.1) is 0 Å². The minimum Gasteiger partial charge on any atom is -0.338 e. The quantitative estimate of drug-likeness (QED) is 0.640. The Morgan fingerprint density at radius 2 is 1.91 bits per heavy atom. The Kier molecular flexibility index (Phi) is 9.56. The van der Waals surface area contributed by atoms with Crippen LogP contribution in [0.5, 0.6) is 0 Å². The second-order valence-corrected chi connectivity index (χ2v) is 7.87. The van der Waals surface area contributed by atoms with E-state index in [0.29, 0.717) is 5.92 Å². The molecule has 0 saturated carbocycles. The number of nitrogens with one attached hydrogen (secondary N) is 2. The van der Waals surface area contributed by atoms with Crippen molar-refractivity contribution in [2.75, 3.05) is 46.8 Å². The van der Waals surface area contributed by atoms with Crippen LogP contribution in [0.4, 0.5) is 4.79 Å². The Morgan fingerprint density at radius 3 is 2.48 bits per heavy atom. The molecule has 1 atom stereocenters. The predicted octanol–water partition coefficient (Wildman–Crippen LogP) is 2.38. The van der Waals surface area contributed by atoms with Crippen LogP contribution in [0, 0.1) is 11.8 Å². The molecule has 0 radical (unpaired) electrons. The maximum absolute atomic E-state index is 12.1. The fraction of sp³-hybridized carbons (Fsp3) is 0.944. The zero-order valence-corrected chi connectivity index (χ0v) is 15.9. The van der Waals surface area contributed by atoms with Gasteiger partial charge in [-0.3, -0.25) is 0 Å². The van der Waals surface area contributed by atoms with E-state index in [9.17, 15) is 4.79 Å². The number of hydrogen-bond donors (Lipinski definition) is 2. The number of rotatable bonds is 9. The van der Waals surface area contributed by atoms with Gasteiger partial charge in [0, 0.05) is 19.1 Å². The standard InChI is InChI=1S/C18H38N4O/c1-15(2)13-17(14-21(4)5)20-18(23)19-9-6-10-22-11-7-16(3)8-12-22/h15-17H,6-14H2,1-5H3,(H2,19,20,23). The monoisotopic (exact) mass is 326 g/mol. The maximum Gasteiger partial charge on any atom is 0.315 e. The number of carbonyl (C=O) groups excluding carboxylic acids is 1. The van der Waals surface area contributed by atoms with Crippen LogP contribution < -0.4 is 10.6 Å². The summed E-state index contributed by atoms with van der Waals surface area (Å²) in [5.74, 6) is 1.46. The highest BCUT2D eigenvalue weighted by atomic mass is 16.2. The molecular formula is C18H38N4O. The first-order valence-electron chi connectivity index (χ1n) is 9.28. The molecule has 1 aliphatic heterocycles. The summed E-state index contributed by atoms with van der Waals surface area (Å²) < 4.78 is 0. The Morgan fingerprint density at radius 1 is 1.26 bits per heavy atom. The molecule has 1 heterocycles. The van der Waals surface area contributed by atoms with Gasteiger partial charge < -0.3 is 20.4 Å². The van der Waals surface area contributed by atoms with Gasteiger partial charge in [-0.2, -0.15) is 0 Å². The Balaban J connectivity index is 2.16. The van der Waals surface area contributed by atoms with Crippen molar-refractivity contribution in [2.45, 2.75) is 52.5 Å². The summed E-state index contributed by atoms with van der Waals surface area (Å²) in [6.45, 7) is 11.9. The van der Waals surface area contributed by atoms with Gasteiger partial charge in [0.15, 0.2) is 0 Å². The van der Waals surface area contributed by atoms with Crippen LogP contribution in [-0.4, -0.2) is 68.7 Å². The average molecular weight is 327 g/mol. The van der Waals surface area contributed by atoms with E-state index in [1.807, 2.05) is 14.1 Å². The zero-order chi connectivity index (χ0) is 17.2. The molecule has 0 aromatic carbocycles. The van der Waals surface area contributed by atoms with E-state index in [4.69, 9.17) is 0 Å². The summed E-state index contributed by atoms with van der Waals surface area (Å²) in [6, 6.07) is 0.193. The van der Waals surface area contributed by atoms with E-state index in [0.717, 1.165) is 38.4 Å². The van der Waals surface area contributed by atoms with Crippen LogP contribution in [0.2, 0.25) is 0 Å². The largest absolute Gasteiger partial charge is 0.338 e. The molecule has 1 saturated heterocycles. The van der Waals surface area contributed by atoms with E-state index in [1.54, 1.807) is 0 Å². The van der Waals surface area contributed by atoms with E-state index in [2.05, 4.69) is 41.2 Å². The third kappa shape index (κ3) is 9.82. The summed E-state index contributed by atoms with van der Waals surface area (Å²) in [7, 11) is 4.10. The number of piperidine rings is 1. The third-order valence-corrected chi connectivity index (χ3v) is 4.49. The van der Waals surface area contributed by atoms with Crippen molar-refractivity contribution < 1.29 is 4.79 Å². The van der Waals surface area contributed by atoms with E-state index in [1.165, 1.54) is 25.9 Å². The van der Waals surface area contributed by atoms with Crippen LogP contribution in [0.1, 0.15) is 46.5 Å². The summed E-state index contributed by atoms with van der Waals surface area (Å²) in [4.78, 5) is 16.7. The van der Waals surface area contributed by atoms with E-state index >= 15 is 0 Å². The van der Waals surface area contributed by atoms with Crippen molar-refractivity contribution in [2.24, 2.45) is 11.8 Å². The normalized spacial score (nSPS) is 18.4. The summed E-state index contributed by atoms with van der Waals surface area (Å²) in [5.41, 5.74) is 0. The lowest BCUT2D eigenvalue weighted by atomic mass is 9.99. The van der Waals surface area contributed by atoms with Crippen LogP contribution >= 0.6 is 0 Å². The van der Waals surface area contributed by atoms with Gasteiger partial charge >= 0.3 is 6.03 Å². The molecule has 5 nitrogen and oxygen atoms in total. The number of amides is 2. The molecule has 1 unspecified atom stereocenters. The molecule has 1 fully saturated rings. The summed E-state index contributed by atoms with van der Waals surface area (Å²) in [5, 5.41) is 6.13. The Bertz CT molecular complexity index is 315. The van der Waals surface area contributed by atoms with E-state index in [-0.39, 0.29) is 12.1 Å². The topological polar surface area (TPSA) is 47.6 Å². The lowest BCUT2D eigenvalue weighted by molar-refractivity contribution is 0.189. The first-order chi connectivity index (χ1) is 10.9. The van der Waals surface area contributed by atoms with Crippen molar-refractivity contribution in [3.63, 3.8) is 0 Å². The molecule has 23 heavy (non-hydrogen) atoms. The minimum absolute atomic E-state index is 0.0234. The van der Waals surface area contributed by atoms with Crippen molar-refractivity contribution >= 4 is 6.03 Å². The van der Waals surface area contributed by atoms with Crippen LogP contribution in [0.25, 0.3) is 0 Å². The fourth-order valence-corrected chi connectivity index (χ4v) is 3.22. The molecule has 1 aliphatic rings. The minimum atomic E-state index is -0.0234. The molecule has 0 aliphatic carbocycles. The van der Waals surface area contributed by atoms with Gasteiger partial charge in [0.05, 0.1) is 0 Å². The van der Waals surface area contributed by atoms with Crippen molar-refractivity contribution in [1.82, 2.24) is 20.4 Å². The molecule has 136 valence electrons. The molecule has 0 aromatic rings. The predicted molar refractivity (Wildman–Crippen MR) is 97.8 cm³/mol. The first kappa shape index (κ1) is 20.2. The van der Waals surface area contributed by atoms with Crippen LogP contribution in [0.3, 0.4) is 0 Å². The zero-order valence-electron chi connectivity index (χ0n) is 15.9. The second-order valence-electron chi connectivity index (χ2n) is 7.87. The highest BCUT2D eigenvalue weighted by molar-refractivity contribution is 5.74. The number of carbonyl (C=O) groups is 1. The highest BCUT2D eigenvalue weighted by Gasteiger charge is 2.16. The van der Waals surface area contributed by atoms with Gasteiger partial charge in [0.1, 0.15) is 0 Å². The van der Waals surface area contributed by atoms with Crippen molar-refractivity contribution in [1.29, 1.82) is 0 Å². The number of urea groups is 1. The average Bonchev–Trinajstić information content (AvgIpc) is 2.44. The fourth-order valence-electron chi connectivity index (χ4n) is 3.22. The lowest BCUT2D eigenvalue weighted by Crippen LogP contribution is -2.47. The molecule has 0 spiro atoms. The Labute approximate surface area is 143 Å². The maximum atomic E-state index is 12.1. The van der Waals surface area contributed by atoms with Gasteiger partial charge in [-0.05, 0) is 71.2 Å². The summed E-state index contributed by atoms with van der Waals surface area (Å²) in [6.07, 6.45) is 4.67. The molecule has 5 heteroatoms. The SMILES string of the molecule is CC(C)CC(CN(C)C)NC(=O)NCCCN1CCC(C)CC1. The van der Waals surface area contributed by atoms with Gasteiger partial charge in [0.25, 0.3) is 0 Å². The van der Waals surface area contributed by atoms with Crippen molar-refractivity contribution in [3.8, 4) is 0 Å². The second kappa shape index (κ2) is 10.9. The smallest absolute Gasteiger partial charge is 0.315 e. The molecule has 1 rings (SSSR count). The van der Waals surface area contributed by atoms with Crippen molar-refractivity contribution in [3.05, 3.63) is 0 Å². The molecule has 0 aromatic heterocycles. The number of hydrogen-bond acceptors (Lipinski definition) is 3. The number of nitrogens with zero attached hydrogens (tertiary/aromatic N) is 2. The van der Waals surface area contributed by atoms with Crippen LogP contribution in [0.15, 0.2) is 0 Å². The highest BCUT2D eigenvalue weighted by Crippen LogP contribution is 2.15. The molecule has 0 bridgehead atoms. The first-order valence-corrected chi connectivity index (χ1v) is 9.28. The van der Waals surface area contributed by atoms with E-state index < -0.39 is 0 Å². The van der Waals surface area contributed by atoms with Gasteiger partial charge in [-0.25, -0.2) is 4.79 Å². The molecule has 2 amide bonds. The molecular weight excluding hydrogens is 288 g/mol. The third-order valence-electron chi connectivity index (χ3n) is 4.49. The lowest BCUT2D eigenvalue weighted by Gasteiger charge is -2.30. The van der Waals surface area contributed by atoms with Crippen LogP contribution in [-0.2, 0) is 0 Å². The van der Waals surface area contributed by atoms with Gasteiger partial charge in [-0.1, -0.05) is 20.8 Å². The Hall–Kier alpha value is -0.810. The number of likely N-dealkylation sites (tertiary alicyclic amines) is 1.